The lowest BCUT2D eigenvalue weighted by Gasteiger charge is -2.14. The van der Waals surface area contributed by atoms with Crippen molar-refractivity contribution in [2.24, 2.45) is 0 Å². The molecular formula is C18H25NO2. The number of amides is 1. The number of ether oxygens (including phenoxy) is 1. The fourth-order valence-corrected chi connectivity index (χ4v) is 1.91. The second kappa shape index (κ2) is 10.9. The van der Waals surface area contributed by atoms with Crippen LogP contribution in [0.25, 0.3) is 0 Å². The van der Waals surface area contributed by atoms with Crippen molar-refractivity contribution in [3.05, 3.63) is 35.9 Å². The number of carbonyl (C=O) groups is 1. The smallest absolute Gasteiger partial charge is 0.298 e. The highest BCUT2D eigenvalue weighted by Crippen LogP contribution is 2.02. The first-order valence-corrected chi connectivity index (χ1v) is 7.67. The van der Waals surface area contributed by atoms with E-state index in [1.807, 2.05) is 32.0 Å². The molecule has 0 atom stereocenters. The Balaban J connectivity index is 2.06. The zero-order valence-electron chi connectivity index (χ0n) is 13.1. The summed E-state index contributed by atoms with van der Waals surface area (Å²) in [5.74, 6) is 5.57. The van der Waals surface area contributed by atoms with Crippen LogP contribution in [0.15, 0.2) is 30.3 Å². The Labute approximate surface area is 128 Å². The summed E-state index contributed by atoms with van der Waals surface area (Å²) in [6.45, 7) is 6.77. The van der Waals surface area contributed by atoms with E-state index in [1.54, 1.807) is 4.90 Å². The number of hydrogen-bond donors (Lipinski definition) is 0. The predicted molar refractivity (Wildman–Crippen MR) is 85.7 cm³/mol. The van der Waals surface area contributed by atoms with Crippen LogP contribution < -0.4 is 0 Å². The third-order valence-electron chi connectivity index (χ3n) is 3.20. The highest BCUT2D eigenvalue weighted by atomic mass is 16.5. The van der Waals surface area contributed by atoms with Gasteiger partial charge >= 0.3 is 0 Å². The van der Waals surface area contributed by atoms with Crippen LogP contribution in [0.2, 0.25) is 0 Å². The average Bonchev–Trinajstić information content (AvgIpc) is 2.52. The number of benzene rings is 1. The molecule has 0 aliphatic rings. The van der Waals surface area contributed by atoms with Gasteiger partial charge in [0.2, 0.25) is 0 Å². The highest BCUT2D eigenvalue weighted by Gasteiger charge is 2.04. The van der Waals surface area contributed by atoms with Crippen molar-refractivity contribution in [1.82, 2.24) is 4.90 Å². The molecule has 3 nitrogen and oxygen atoms in total. The van der Waals surface area contributed by atoms with E-state index in [0.29, 0.717) is 6.61 Å². The van der Waals surface area contributed by atoms with Gasteiger partial charge in [-0.05, 0) is 38.2 Å². The Morgan fingerprint density at radius 1 is 1.14 bits per heavy atom. The van der Waals surface area contributed by atoms with Crippen LogP contribution in [-0.2, 0) is 16.1 Å². The first-order chi connectivity index (χ1) is 10.3. The largest absolute Gasteiger partial charge is 0.377 e. The van der Waals surface area contributed by atoms with Crippen LogP contribution in [-0.4, -0.2) is 30.5 Å². The van der Waals surface area contributed by atoms with E-state index < -0.39 is 0 Å². The normalized spacial score (nSPS) is 9.81. The standard InChI is InChI=1S/C18H25NO2/c1-3-19(4-2)18(20)14-10-5-6-11-15-21-16-17-12-8-7-9-13-17/h7-9,12-13H,3-6,11,15-16H2,1-2H3. The summed E-state index contributed by atoms with van der Waals surface area (Å²) < 4.78 is 5.60. The van der Waals surface area contributed by atoms with Gasteiger partial charge in [0.25, 0.3) is 5.91 Å². The Hall–Kier alpha value is -1.79. The number of hydrogen-bond acceptors (Lipinski definition) is 2. The summed E-state index contributed by atoms with van der Waals surface area (Å²) >= 11 is 0. The molecule has 0 aromatic heterocycles. The molecule has 1 aromatic carbocycles. The molecule has 0 fully saturated rings. The number of carbonyl (C=O) groups excluding carboxylic acids is 1. The Kier molecular flexibility index (Phi) is 8.99. The van der Waals surface area contributed by atoms with Crippen LogP contribution in [0.4, 0.5) is 0 Å². The van der Waals surface area contributed by atoms with Crippen molar-refractivity contribution in [2.45, 2.75) is 39.7 Å². The summed E-state index contributed by atoms with van der Waals surface area (Å²) in [4.78, 5) is 13.4. The van der Waals surface area contributed by atoms with Gasteiger partial charge in [-0.25, -0.2) is 0 Å². The van der Waals surface area contributed by atoms with Crippen LogP contribution in [0.5, 0.6) is 0 Å². The number of nitrogens with zero attached hydrogens (tertiary/aromatic N) is 1. The van der Waals surface area contributed by atoms with Gasteiger partial charge < -0.3 is 9.64 Å². The first kappa shape index (κ1) is 17.3. The minimum atomic E-state index is -0.0691. The molecule has 3 heteroatoms. The third kappa shape index (κ3) is 7.53. The molecule has 0 heterocycles. The Morgan fingerprint density at radius 2 is 1.86 bits per heavy atom. The molecule has 1 aromatic rings. The molecule has 1 rings (SSSR count). The molecule has 0 aliphatic carbocycles. The average molecular weight is 287 g/mol. The Morgan fingerprint density at radius 3 is 2.52 bits per heavy atom. The van der Waals surface area contributed by atoms with Crippen LogP contribution in [0.1, 0.15) is 38.7 Å². The quantitative estimate of drug-likeness (QED) is 0.542. The molecule has 0 bridgehead atoms. The summed E-state index contributed by atoms with van der Waals surface area (Å²) in [6.07, 6.45) is 2.69. The lowest BCUT2D eigenvalue weighted by molar-refractivity contribution is -0.124. The SMILES string of the molecule is CCN(CC)C(=O)C#CCCCCOCc1ccccc1. The molecule has 0 aliphatic heterocycles. The molecule has 0 saturated heterocycles. The fourth-order valence-electron chi connectivity index (χ4n) is 1.91. The summed E-state index contributed by atoms with van der Waals surface area (Å²) in [6, 6.07) is 10.2. The van der Waals surface area contributed by atoms with Crippen LogP contribution in [0, 0.1) is 11.8 Å². The summed E-state index contributed by atoms with van der Waals surface area (Å²) in [5, 5.41) is 0. The number of rotatable bonds is 8. The summed E-state index contributed by atoms with van der Waals surface area (Å²) in [7, 11) is 0. The van der Waals surface area contributed by atoms with Crippen LogP contribution >= 0.6 is 0 Å². The zero-order chi connectivity index (χ0) is 15.3. The van der Waals surface area contributed by atoms with Crippen molar-refractivity contribution in [3.8, 4) is 11.8 Å². The van der Waals surface area contributed by atoms with E-state index in [1.165, 1.54) is 5.56 Å². The molecular weight excluding hydrogens is 262 g/mol. The van der Waals surface area contributed by atoms with Crippen LogP contribution in [0.3, 0.4) is 0 Å². The van der Waals surface area contributed by atoms with E-state index in [4.69, 9.17) is 4.74 Å². The maximum absolute atomic E-state index is 11.6. The molecule has 0 unspecified atom stereocenters. The fraction of sp³-hybridized carbons (Fsp3) is 0.500. The molecule has 0 radical (unpaired) electrons. The van der Waals surface area contributed by atoms with Crippen molar-refractivity contribution in [1.29, 1.82) is 0 Å². The van der Waals surface area contributed by atoms with Gasteiger partial charge in [0, 0.05) is 26.1 Å². The third-order valence-corrected chi connectivity index (χ3v) is 3.20. The van der Waals surface area contributed by atoms with Crippen molar-refractivity contribution >= 4 is 5.91 Å². The lowest BCUT2D eigenvalue weighted by atomic mass is 10.2. The molecule has 1 amide bonds. The minimum absolute atomic E-state index is 0.0691. The van der Waals surface area contributed by atoms with Crippen molar-refractivity contribution in [2.75, 3.05) is 19.7 Å². The summed E-state index contributed by atoms with van der Waals surface area (Å²) in [5.41, 5.74) is 1.20. The maximum Gasteiger partial charge on any atom is 0.298 e. The second-order valence-corrected chi connectivity index (χ2v) is 4.77. The molecule has 0 N–H and O–H groups in total. The predicted octanol–water partition coefficient (Wildman–Crippen LogP) is 3.25. The topological polar surface area (TPSA) is 29.5 Å². The van der Waals surface area contributed by atoms with Gasteiger partial charge in [0.05, 0.1) is 6.61 Å². The maximum atomic E-state index is 11.6. The number of unbranched alkanes of at least 4 members (excludes halogenated alkanes) is 2. The Bertz CT molecular complexity index is 455. The van der Waals surface area contributed by atoms with Gasteiger partial charge in [0.15, 0.2) is 0 Å². The van der Waals surface area contributed by atoms with E-state index in [-0.39, 0.29) is 5.91 Å². The van der Waals surface area contributed by atoms with Gasteiger partial charge in [-0.15, -0.1) is 0 Å². The molecule has 114 valence electrons. The lowest BCUT2D eigenvalue weighted by Crippen LogP contribution is -2.29. The first-order valence-electron chi connectivity index (χ1n) is 7.67. The minimum Gasteiger partial charge on any atom is -0.377 e. The van der Waals surface area contributed by atoms with Gasteiger partial charge in [-0.2, -0.15) is 0 Å². The zero-order valence-corrected chi connectivity index (χ0v) is 13.1. The van der Waals surface area contributed by atoms with Crippen molar-refractivity contribution < 1.29 is 9.53 Å². The second-order valence-electron chi connectivity index (χ2n) is 4.77. The van der Waals surface area contributed by atoms with E-state index >= 15 is 0 Å². The van der Waals surface area contributed by atoms with Gasteiger partial charge in [-0.3, -0.25) is 4.79 Å². The molecule has 0 spiro atoms. The van der Waals surface area contributed by atoms with Gasteiger partial charge in [-0.1, -0.05) is 36.3 Å². The molecule has 0 saturated carbocycles. The van der Waals surface area contributed by atoms with Crippen molar-refractivity contribution in [3.63, 3.8) is 0 Å². The molecule has 21 heavy (non-hydrogen) atoms. The van der Waals surface area contributed by atoms with Gasteiger partial charge in [0.1, 0.15) is 0 Å². The highest BCUT2D eigenvalue weighted by molar-refractivity contribution is 5.93. The van der Waals surface area contributed by atoms with E-state index in [0.717, 1.165) is 39.0 Å². The monoisotopic (exact) mass is 287 g/mol. The van der Waals surface area contributed by atoms with E-state index in [9.17, 15) is 4.79 Å². The van der Waals surface area contributed by atoms with E-state index in [2.05, 4.69) is 24.0 Å².